The van der Waals surface area contributed by atoms with Crippen molar-refractivity contribution < 1.29 is 0 Å². The van der Waals surface area contributed by atoms with Gasteiger partial charge in [-0.25, -0.2) is 0 Å². The number of nitrogens with one attached hydrogen (secondary N) is 1. The zero-order valence-electron chi connectivity index (χ0n) is 10.9. The third-order valence-corrected chi connectivity index (χ3v) is 2.91. The van der Waals surface area contributed by atoms with Gasteiger partial charge in [-0.2, -0.15) is 5.26 Å². The molecule has 0 amide bonds. The van der Waals surface area contributed by atoms with Crippen molar-refractivity contribution in [1.29, 1.82) is 5.26 Å². The second-order valence-corrected chi connectivity index (χ2v) is 4.52. The Bertz CT molecular complexity index is 161. The van der Waals surface area contributed by atoms with Gasteiger partial charge in [0.25, 0.3) is 0 Å². The molecule has 0 aliphatic heterocycles. The summed E-state index contributed by atoms with van der Waals surface area (Å²) in [7, 11) is 0. The molecule has 0 aromatic rings. The second-order valence-electron chi connectivity index (χ2n) is 4.52. The molecule has 0 saturated heterocycles. The molecule has 2 nitrogen and oxygen atoms in total. The van der Waals surface area contributed by atoms with E-state index in [-0.39, 0.29) is 0 Å². The highest BCUT2D eigenvalue weighted by Gasteiger charge is 1.92. The van der Waals surface area contributed by atoms with Crippen LogP contribution in [0.5, 0.6) is 0 Å². The monoisotopic (exact) mass is 224 g/mol. The van der Waals surface area contributed by atoms with Crippen LogP contribution in [-0.4, -0.2) is 13.1 Å². The summed E-state index contributed by atoms with van der Waals surface area (Å²) >= 11 is 0. The molecule has 2 heteroatoms. The van der Waals surface area contributed by atoms with Crippen molar-refractivity contribution in [2.45, 2.75) is 71.1 Å². The second kappa shape index (κ2) is 14.5. The summed E-state index contributed by atoms with van der Waals surface area (Å²) in [6.07, 6.45) is 13.7. The fraction of sp³-hybridized carbons (Fsp3) is 0.929. The summed E-state index contributed by atoms with van der Waals surface area (Å²) in [6, 6.07) is 2.09. The summed E-state index contributed by atoms with van der Waals surface area (Å²) in [5, 5.41) is 11.4. The van der Waals surface area contributed by atoms with Crippen LogP contribution in [0.1, 0.15) is 71.1 Å². The molecule has 94 valence electrons. The van der Waals surface area contributed by atoms with Crippen LogP contribution in [0.3, 0.4) is 0 Å². The normalized spacial score (nSPS) is 10.2. The zero-order chi connectivity index (χ0) is 11.9. The van der Waals surface area contributed by atoms with Gasteiger partial charge in [0.15, 0.2) is 0 Å². The van der Waals surface area contributed by atoms with Crippen molar-refractivity contribution in [1.82, 2.24) is 5.32 Å². The third kappa shape index (κ3) is 13.4. The van der Waals surface area contributed by atoms with E-state index < -0.39 is 0 Å². The quantitative estimate of drug-likeness (QED) is 0.401. The number of unbranched alkanes of at least 4 members (excludes halogenated alkanes) is 9. The largest absolute Gasteiger partial charge is 0.304 e. The predicted octanol–water partition coefficient (Wildman–Crippen LogP) is 4.02. The number of hydrogen-bond donors (Lipinski definition) is 1. The highest BCUT2D eigenvalue weighted by atomic mass is 14.8. The molecule has 0 radical (unpaired) electrons. The zero-order valence-corrected chi connectivity index (χ0v) is 10.9. The van der Waals surface area contributed by atoms with Crippen molar-refractivity contribution in [3.05, 3.63) is 0 Å². The minimum atomic E-state index is 0.497. The molecule has 0 atom stereocenters. The summed E-state index contributed by atoms with van der Waals surface area (Å²) in [4.78, 5) is 0. The summed E-state index contributed by atoms with van der Waals surface area (Å²) in [5.74, 6) is 0. The summed E-state index contributed by atoms with van der Waals surface area (Å²) in [5.41, 5.74) is 0. The van der Waals surface area contributed by atoms with Gasteiger partial charge in [-0.3, -0.25) is 0 Å². The van der Waals surface area contributed by atoms with Gasteiger partial charge in [-0.15, -0.1) is 0 Å². The Labute approximate surface area is 101 Å². The van der Waals surface area contributed by atoms with Crippen LogP contribution >= 0.6 is 0 Å². The Hall–Kier alpha value is -0.550. The molecule has 0 fully saturated rings. The maximum absolute atomic E-state index is 8.32. The van der Waals surface area contributed by atoms with Crippen LogP contribution in [0.4, 0.5) is 0 Å². The number of nitrogens with zero attached hydrogens (tertiary/aromatic N) is 1. The molecule has 0 saturated carbocycles. The lowest BCUT2D eigenvalue weighted by molar-refractivity contribution is 0.549. The maximum atomic E-state index is 8.32. The standard InChI is InChI=1S/C14H28N2/c1-2-3-4-5-6-7-8-9-10-11-13-16-14-12-15/h16H,2-11,13-14H2,1H3. The van der Waals surface area contributed by atoms with Crippen molar-refractivity contribution in [3.63, 3.8) is 0 Å². The van der Waals surface area contributed by atoms with Gasteiger partial charge in [0.05, 0.1) is 12.6 Å². The molecule has 0 aliphatic carbocycles. The molecule has 0 heterocycles. The van der Waals surface area contributed by atoms with Gasteiger partial charge < -0.3 is 5.32 Å². The molecule has 0 aliphatic rings. The van der Waals surface area contributed by atoms with Crippen LogP contribution in [0, 0.1) is 11.3 Å². The van der Waals surface area contributed by atoms with Crippen LogP contribution in [-0.2, 0) is 0 Å². The van der Waals surface area contributed by atoms with E-state index in [9.17, 15) is 0 Å². The first-order valence-electron chi connectivity index (χ1n) is 6.99. The maximum Gasteiger partial charge on any atom is 0.0840 e. The smallest absolute Gasteiger partial charge is 0.0840 e. The molecule has 0 spiro atoms. The van der Waals surface area contributed by atoms with E-state index in [4.69, 9.17) is 5.26 Å². The molecule has 16 heavy (non-hydrogen) atoms. The van der Waals surface area contributed by atoms with E-state index in [1.165, 1.54) is 64.2 Å². The van der Waals surface area contributed by atoms with Gasteiger partial charge in [-0.1, -0.05) is 64.7 Å². The minimum Gasteiger partial charge on any atom is -0.304 e. The minimum absolute atomic E-state index is 0.497. The van der Waals surface area contributed by atoms with Crippen molar-refractivity contribution in [3.8, 4) is 6.07 Å². The Morgan fingerprint density at radius 1 is 0.812 bits per heavy atom. The first kappa shape index (κ1) is 15.4. The van der Waals surface area contributed by atoms with Crippen molar-refractivity contribution >= 4 is 0 Å². The third-order valence-electron chi connectivity index (χ3n) is 2.91. The van der Waals surface area contributed by atoms with E-state index in [2.05, 4.69) is 18.3 Å². The Balaban J connectivity index is 2.86. The molecule has 0 bridgehead atoms. The summed E-state index contributed by atoms with van der Waals surface area (Å²) in [6.45, 7) is 3.77. The van der Waals surface area contributed by atoms with Crippen LogP contribution < -0.4 is 5.32 Å². The van der Waals surface area contributed by atoms with Crippen LogP contribution in [0.2, 0.25) is 0 Å². The average Bonchev–Trinajstić information content (AvgIpc) is 2.31. The fourth-order valence-electron chi connectivity index (χ4n) is 1.88. The van der Waals surface area contributed by atoms with Crippen LogP contribution in [0.25, 0.3) is 0 Å². The summed E-state index contributed by atoms with van der Waals surface area (Å²) < 4.78 is 0. The SMILES string of the molecule is CCCCCCCCCCCCNCC#N. The number of nitriles is 1. The van der Waals surface area contributed by atoms with E-state index in [1.54, 1.807) is 0 Å². The lowest BCUT2D eigenvalue weighted by Crippen LogP contribution is -2.14. The highest BCUT2D eigenvalue weighted by molar-refractivity contribution is 4.72. The van der Waals surface area contributed by atoms with Gasteiger partial charge in [-0.05, 0) is 13.0 Å². The van der Waals surface area contributed by atoms with Gasteiger partial charge in [0.1, 0.15) is 0 Å². The van der Waals surface area contributed by atoms with E-state index in [1.807, 2.05) is 0 Å². The lowest BCUT2D eigenvalue weighted by Gasteiger charge is -2.02. The van der Waals surface area contributed by atoms with Crippen molar-refractivity contribution in [2.24, 2.45) is 0 Å². The molecule has 1 N–H and O–H groups in total. The molecular weight excluding hydrogens is 196 g/mol. The predicted molar refractivity (Wildman–Crippen MR) is 70.3 cm³/mol. The molecular formula is C14H28N2. The Morgan fingerprint density at radius 2 is 1.31 bits per heavy atom. The highest BCUT2D eigenvalue weighted by Crippen LogP contribution is 2.10. The van der Waals surface area contributed by atoms with Gasteiger partial charge in [0, 0.05) is 0 Å². The molecule has 0 aromatic carbocycles. The Kier molecular flexibility index (Phi) is 14.0. The van der Waals surface area contributed by atoms with Crippen molar-refractivity contribution in [2.75, 3.05) is 13.1 Å². The molecule has 0 rings (SSSR count). The van der Waals surface area contributed by atoms with E-state index in [0.29, 0.717) is 6.54 Å². The van der Waals surface area contributed by atoms with Gasteiger partial charge >= 0.3 is 0 Å². The number of rotatable bonds is 12. The average molecular weight is 224 g/mol. The first-order valence-corrected chi connectivity index (χ1v) is 6.99. The van der Waals surface area contributed by atoms with Crippen LogP contribution in [0.15, 0.2) is 0 Å². The molecule has 0 aromatic heterocycles. The van der Waals surface area contributed by atoms with Gasteiger partial charge in [0.2, 0.25) is 0 Å². The van der Waals surface area contributed by atoms with E-state index >= 15 is 0 Å². The topological polar surface area (TPSA) is 35.8 Å². The lowest BCUT2D eigenvalue weighted by atomic mass is 10.1. The first-order chi connectivity index (χ1) is 7.91. The fourth-order valence-corrected chi connectivity index (χ4v) is 1.88. The Morgan fingerprint density at radius 3 is 1.81 bits per heavy atom. The molecule has 0 unspecified atom stereocenters. The van der Waals surface area contributed by atoms with E-state index in [0.717, 1.165) is 6.54 Å². The number of hydrogen-bond acceptors (Lipinski definition) is 2.